The normalized spacial score (nSPS) is 25.0. The molecule has 152 valence electrons. The lowest BCUT2D eigenvalue weighted by Gasteiger charge is -2.40. The van der Waals surface area contributed by atoms with Crippen molar-refractivity contribution in [1.29, 1.82) is 0 Å². The zero-order valence-corrected chi connectivity index (χ0v) is 15.2. The maximum Gasteiger partial charge on any atom is 0.455 e. The fourth-order valence-electron chi connectivity index (χ4n) is 3.79. The highest BCUT2D eigenvalue weighted by Crippen LogP contribution is 2.61. The molecular weight excluding hydrogens is 371 g/mol. The van der Waals surface area contributed by atoms with Crippen LogP contribution in [0.25, 0.3) is 0 Å². The van der Waals surface area contributed by atoms with Gasteiger partial charge in [0.25, 0.3) is 0 Å². The molecule has 11 heteroatoms. The number of aromatic hydroxyl groups is 1. The van der Waals surface area contributed by atoms with Crippen LogP contribution in [0.15, 0.2) is 12.1 Å². The number of carbonyl (C=O) groups excluding carboxylic acids is 1. The van der Waals surface area contributed by atoms with Crippen molar-refractivity contribution in [2.45, 2.75) is 30.8 Å². The molecule has 28 heavy (non-hydrogen) atoms. The minimum atomic E-state index is -1.55. The first-order valence-corrected chi connectivity index (χ1v) is 8.94. The van der Waals surface area contributed by atoms with E-state index in [4.69, 9.17) is 15.6 Å². The molecule has 0 radical (unpaired) electrons. The van der Waals surface area contributed by atoms with Gasteiger partial charge in [-0.2, -0.15) is 0 Å². The van der Waals surface area contributed by atoms with Gasteiger partial charge in [0, 0.05) is 5.82 Å². The van der Waals surface area contributed by atoms with E-state index in [2.05, 4.69) is 0 Å². The summed E-state index contributed by atoms with van der Waals surface area (Å²) < 4.78 is 5.64. The Kier molecular flexibility index (Phi) is 5.53. The molecule has 4 atom stereocenters. The van der Waals surface area contributed by atoms with Gasteiger partial charge in [0.15, 0.2) is 0 Å². The van der Waals surface area contributed by atoms with Crippen LogP contribution in [0.4, 0.5) is 0 Å². The van der Waals surface area contributed by atoms with Gasteiger partial charge in [-0.25, -0.2) is 4.79 Å². The van der Waals surface area contributed by atoms with Gasteiger partial charge in [-0.3, -0.25) is 4.79 Å². The predicted octanol–water partition coefficient (Wildman–Crippen LogP) is -1.42. The molecule has 1 aliphatic heterocycles. The summed E-state index contributed by atoms with van der Waals surface area (Å²) in [6, 6.07) is 1.94. The summed E-state index contributed by atoms with van der Waals surface area (Å²) in [4.78, 5) is 24.9. The Morgan fingerprint density at radius 1 is 1.36 bits per heavy atom. The Hall–Kier alpha value is -2.34. The molecule has 0 spiro atoms. The number of benzene rings is 1. The lowest BCUT2D eigenvalue weighted by Crippen LogP contribution is -2.60. The van der Waals surface area contributed by atoms with E-state index < -0.39 is 54.9 Å². The molecule has 10 nitrogen and oxygen atoms in total. The smallest absolute Gasteiger partial charge is 0.455 e. The van der Waals surface area contributed by atoms with Gasteiger partial charge in [0.1, 0.15) is 29.2 Å². The van der Waals surface area contributed by atoms with E-state index in [0.717, 1.165) is 0 Å². The fourth-order valence-corrected chi connectivity index (χ4v) is 3.79. The molecule has 0 aromatic heterocycles. The van der Waals surface area contributed by atoms with E-state index in [1.54, 1.807) is 6.92 Å². The Morgan fingerprint density at radius 2 is 2.00 bits per heavy atom. The van der Waals surface area contributed by atoms with Gasteiger partial charge >= 0.3 is 13.1 Å². The minimum Gasteiger partial charge on any atom is -0.507 e. The number of nitrogens with zero attached hydrogens (tertiary/aromatic N) is 1. The number of aliphatic hydroxyl groups is 1. The van der Waals surface area contributed by atoms with Crippen LogP contribution in [-0.4, -0.2) is 81.1 Å². The van der Waals surface area contributed by atoms with Crippen LogP contribution < -0.4 is 10.5 Å². The fraction of sp³-hybridized carbons (Fsp3) is 0.529. The first-order chi connectivity index (χ1) is 13.2. The molecule has 1 saturated heterocycles. The van der Waals surface area contributed by atoms with Crippen LogP contribution in [0.5, 0.6) is 11.5 Å². The molecule has 1 aliphatic carbocycles. The zero-order valence-electron chi connectivity index (χ0n) is 15.2. The summed E-state index contributed by atoms with van der Waals surface area (Å²) in [6.07, 6.45) is -0.468. The third-order valence-corrected chi connectivity index (χ3v) is 5.50. The van der Waals surface area contributed by atoms with Gasteiger partial charge in [-0.15, -0.1) is 0 Å². The van der Waals surface area contributed by atoms with Crippen LogP contribution in [0.2, 0.25) is 5.82 Å². The van der Waals surface area contributed by atoms with E-state index in [0.29, 0.717) is 5.56 Å². The SMILES string of the molecule is CC1C(B(O)O)C1c1ccc(OC2CN(C(=O)[C@@H](N)CO)C2)c(C(=O)O)c1O. The van der Waals surface area contributed by atoms with Crippen molar-refractivity contribution in [3.8, 4) is 11.5 Å². The second kappa shape index (κ2) is 7.59. The molecule has 2 aliphatic rings. The predicted molar refractivity (Wildman–Crippen MR) is 97.0 cm³/mol. The largest absolute Gasteiger partial charge is 0.507 e. The van der Waals surface area contributed by atoms with Crippen molar-refractivity contribution in [2.75, 3.05) is 19.7 Å². The number of phenols is 1. The highest BCUT2D eigenvalue weighted by atomic mass is 16.5. The van der Waals surface area contributed by atoms with E-state index in [9.17, 15) is 29.9 Å². The van der Waals surface area contributed by atoms with Crippen LogP contribution in [-0.2, 0) is 4.79 Å². The van der Waals surface area contributed by atoms with E-state index in [1.165, 1.54) is 17.0 Å². The molecule has 3 unspecified atom stereocenters. The average molecular weight is 394 g/mol. The van der Waals surface area contributed by atoms with Crippen molar-refractivity contribution in [1.82, 2.24) is 4.90 Å². The number of ether oxygens (including phenoxy) is 1. The molecule has 7 N–H and O–H groups in total. The van der Waals surface area contributed by atoms with E-state index in [-0.39, 0.29) is 30.7 Å². The number of carboxylic acids is 1. The van der Waals surface area contributed by atoms with Crippen molar-refractivity contribution in [3.63, 3.8) is 0 Å². The monoisotopic (exact) mass is 394 g/mol. The molecule has 1 heterocycles. The van der Waals surface area contributed by atoms with Crippen LogP contribution >= 0.6 is 0 Å². The van der Waals surface area contributed by atoms with Gasteiger partial charge in [-0.05, 0) is 23.5 Å². The highest BCUT2D eigenvalue weighted by molar-refractivity contribution is 6.45. The maximum absolute atomic E-state index is 11.8. The van der Waals surface area contributed by atoms with Crippen molar-refractivity contribution in [3.05, 3.63) is 23.3 Å². The first kappa shape index (κ1) is 20.4. The van der Waals surface area contributed by atoms with Crippen molar-refractivity contribution >= 4 is 19.0 Å². The number of carbonyl (C=O) groups is 2. The van der Waals surface area contributed by atoms with Gasteiger partial charge < -0.3 is 40.7 Å². The van der Waals surface area contributed by atoms with Crippen molar-refractivity contribution in [2.24, 2.45) is 11.7 Å². The third kappa shape index (κ3) is 3.53. The minimum absolute atomic E-state index is 0.0355. The van der Waals surface area contributed by atoms with Gasteiger partial charge in [0.2, 0.25) is 5.91 Å². The first-order valence-electron chi connectivity index (χ1n) is 8.94. The second-order valence-electron chi connectivity index (χ2n) is 7.33. The summed E-state index contributed by atoms with van der Waals surface area (Å²) >= 11 is 0. The topological polar surface area (TPSA) is 174 Å². The lowest BCUT2D eigenvalue weighted by atomic mass is 9.80. The molecule has 0 bridgehead atoms. The number of carboxylic acid groups (broad SMARTS) is 1. The highest BCUT2D eigenvalue weighted by Gasteiger charge is 2.55. The number of hydrogen-bond acceptors (Lipinski definition) is 8. The van der Waals surface area contributed by atoms with Crippen LogP contribution in [0, 0.1) is 5.92 Å². The van der Waals surface area contributed by atoms with E-state index >= 15 is 0 Å². The number of amides is 1. The Balaban J connectivity index is 1.74. The van der Waals surface area contributed by atoms with E-state index in [1.807, 2.05) is 0 Å². The number of rotatable bonds is 7. The molecule has 3 rings (SSSR count). The number of likely N-dealkylation sites (tertiary alicyclic amines) is 1. The molecular formula is C17H23BN2O8. The molecule has 1 amide bonds. The Bertz CT molecular complexity index is 783. The maximum atomic E-state index is 11.8. The molecule has 1 saturated carbocycles. The number of aromatic carboxylic acids is 1. The third-order valence-electron chi connectivity index (χ3n) is 5.50. The van der Waals surface area contributed by atoms with Crippen LogP contribution in [0.1, 0.15) is 28.8 Å². The summed E-state index contributed by atoms with van der Waals surface area (Å²) in [5.74, 6) is -3.23. The summed E-state index contributed by atoms with van der Waals surface area (Å²) in [6.45, 7) is 1.69. The molecule has 1 aromatic carbocycles. The van der Waals surface area contributed by atoms with Crippen molar-refractivity contribution < 1.29 is 39.7 Å². The average Bonchev–Trinajstić information content (AvgIpc) is 3.27. The second-order valence-corrected chi connectivity index (χ2v) is 7.33. The van der Waals surface area contributed by atoms with Gasteiger partial charge in [0.05, 0.1) is 19.7 Å². The Labute approximate surface area is 161 Å². The number of hydrogen-bond donors (Lipinski definition) is 6. The summed E-state index contributed by atoms with van der Waals surface area (Å²) in [5.41, 5.74) is 5.40. The number of nitrogens with two attached hydrogens (primary N) is 1. The quantitative estimate of drug-likeness (QED) is 0.303. The molecule has 1 aromatic rings. The summed E-state index contributed by atoms with van der Waals surface area (Å²) in [5, 5.41) is 47.7. The number of aliphatic hydroxyl groups excluding tert-OH is 1. The standard InChI is InChI=1S/C17H23BN2O8/c1-7-12(14(7)18(26)27)9-2-3-11(13(15(9)22)17(24)25)28-8-4-20(5-8)16(23)10(19)6-21/h2-3,7-8,10,12,14,21-22,26-27H,4-6,19H2,1H3,(H,24,25)/t7?,10-,12?,14?/m0/s1. The van der Waals surface area contributed by atoms with Gasteiger partial charge in [-0.1, -0.05) is 13.0 Å². The van der Waals surface area contributed by atoms with Crippen LogP contribution in [0.3, 0.4) is 0 Å². The molecule has 2 fully saturated rings. The zero-order chi connectivity index (χ0) is 20.7. The Morgan fingerprint density at radius 3 is 2.50 bits per heavy atom. The lowest BCUT2D eigenvalue weighted by molar-refractivity contribution is -0.142. The summed E-state index contributed by atoms with van der Waals surface area (Å²) in [7, 11) is -1.55.